The lowest BCUT2D eigenvalue weighted by Crippen LogP contribution is -2.00. The average Bonchev–Trinajstić information content (AvgIpc) is 2.90. The van der Waals surface area contributed by atoms with Crippen molar-refractivity contribution < 1.29 is 0 Å². The molecule has 0 aliphatic carbocycles. The van der Waals surface area contributed by atoms with Crippen molar-refractivity contribution in [3.8, 4) is 0 Å². The van der Waals surface area contributed by atoms with Crippen LogP contribution < -0.4 is 5.32 Å². The summed E-state index contributed by atoms with van der Waals surface area (Å²) in [6.45, 7) is 2.00. The molecule has 0 bridgehead atoms. The van der Waals surface area contributed by atoms with Crippen LogP contribution in [0.4, 0.5) is 11.5 Å². The SMILES string of the molecule is CCc1nc(Br)cc(Nc2c(Cl)ccc3nsnc23)n1. The third-order valence-electron chi connectivity index (χ3n) is 2.69. The molecule has 0 aliphatic rings. The molecule has 0 aliphatic heterocycles. The highest BCUT2D eigenvalue weighted by molar-refractivity contribution is 9.10. The molecule has 3 aromatic rings. The Balaban J connectivity index is 2.07. The Morgan fingerprint density at radius 1 is 1.30 bits per heavy atom. The summed E-state index contributed by atoms with van der Waals surface area (Å²) in [4.78, 5) is 8.70. The first-order valence-corrected chi connectivity index (χ1v) is 7.78. The predicted octanol–water partition coefficient (Wildman–Crippen LogP) is 4.20. The second-order valence-corrected chi connectivity index (χ2v) is 5.77. The normalized spacial score (nSPS) is 10.9. The Labute approximate surface area is 132 Å². The topological polar surface area (TPSA) is 63.6 Å². The van der Waals surface area contributed by atoms with Crippen LogP contribution in [0.2, 0.25) is 5.02 Å². The van der Waals surface area contributed by atoms with Crippen LogP contribution in [0, 0.1) is 0 Å². The first kappa shape index (κ1) is 13.7. The lowest BCUT2D eigenvalue weighted by Gasteiger charge is -2.09. The van der Waals surface area contributed by atoms with Gasteiger partial charge < -0.3 is 5.32 Å². The lowest BCUT2D eigenvalue weighted by atomic mass is 10.2. The fraction of sp³-hybridized carbons (Fsp3) is 0.167. The van der Waals surface area contributed by atoms with E-state index in [1.54, 1.807) is 12.1 Å². The van der Waals surface area contributed by atoms with Crippen molar-refractivity contribution in [1.82, 2.24) is 18.7 Å². The number of fused-ring (bicyclic) bond motifs is 1. The van der Waals surface area contributed by atoms with Crippen LogP contribution >= 0.6 is 39.3 Å². The van der Waals surface area contributed by atoms with Crippen molar-refractivity contribution in [2.75, 3.05) is 5.32 Å². The highest BCUT2D eigenvalue weighted by atomic mass is 79.9. The van der Waals surface area contributed by atoms with Gasteiger partial charge in [-0.25, -0.2) is 9.97 Å². The summed E-state index contributed by atoms with van der Waals surface area (Å²) in [6.07, 6.45) is 0.754. The molecule has 102 valence electrons. The molecule has 1 N–H and O–H groups in total. The molecule has 2 heterocycles. The summed E-state index contributed by atoms with van der Waals surface area (Å²) in [5.74, 6) is 1.42. The molecule has 3 rings (SSSR count). The maximum atomic E-state index is 6.24. The van der Waals surface area contributed by atoms with Gasteiger partial charge in [0.2, 0.25) is 0 Å². The maximum absolute atomic E-state index is 6.24. The minimum absolute atomic E-state index is 0.581. The van der Waals surface area contributed by atoms with Crippen LogP contribution in [0.5, 0.6) is 0 Å². The van der Waals surface area contributed by atoms with Crippen LogP contribution in [-0.2, 0) is 6.42 Å². The molecule has 0 unspecified atom stereocenters. The Bertz CT molecular complexity index is 776. The van der Waals surface area contributed by atoms with Crippen LogP contribution in [0.25, 0.3) is 11.0 Å². The van der Waals surface area contributed by atoms with Crippen LogP contribution in [0.3, 0.4) is 0 Å². The van der Waals surface area contributed by atoms with Crippen molar-refractivity contribution in [3.05, 3.63) is 33.6 Å². The number of nitrogens with one attached hydrogen (secondary N) is 1. The van der Waals surface area contributed by atoms with Crippen molar-refractivity contribution >= 4 is 61.8 Å². The molecule has 8 heteroatoms. The quantitative estimate of drug-likeness (QED) is 0.700. The fourth-order valence-electron chi connectivity index (χ4n) is 1.76. The van der Waals surface area contributed by atoms with Gasteiger partial charge in [0.1, 0.15) is 27.3 Å². The van der Waals surface area contributed by atoms with Crippen LogP contribution in [0.15, 0.2) is 22.8 Å². The molecule has 0 spiro atoms. The van der Waals surface area contributed by atoms with Gasteiger partial charge in [0, 0.05) is 12.5 Å². The van der Waals surface area contributed by atoms with Crippen molar-refractivity contribution in [2.24, 2.45) is 0 Å². The highest BCUT2D eigenvalue weighted by Gasteiger charge is 2.11. The van der Waals surface area contributed by atoms with Gasteiger partial charge in [0.05, 0.1) is 22.4 Å². The second-order valence-electron chi connectivity index (χ2n) is 4.03. The number of halogens is 2. The van der Waals surface area contributed by atoms with E-state index in [0.29, 0.717) is 16.5 Å². The number of anilines is 2. The summed E-state index contributed by atoms with van der Waals surface area (Å²) < 4.78 is 9.20. The Morgan fingerprint density at radius 2 is 2.15 bits per heavy atom. The van der Waals surface area contributed by atoms with Crippen molar-refractivity contribution in [1.29, 1.82) is 0 Å². The van der Waals surface area contributed by atoms with Crippen molar-refractivity contribution in [3.63, 3.8) is 0 Å². The molecule has 0 amide bonds. The third-order valence-corrected chi connectivity index (χ3v) is 3.95. The van der Waals surface area contributed by atoms with Gasteiger partial charge in [-0.05, 0) is 28.1 Å². The Morgan fingerprint density at radius 3 is 2.95 bits per heavy atom. The fourth-order valence-corrected chi connectivity index (χ4v) is 2.92. The molecule has 5 nitrogen and oxygen atoms in total. The van der Waals surface area contributed by atoms with E-state index in [1.807, 2.05) is 13.0 Å². The number of benzene rings is 1. The number of hydrogen-bond acceptors (Lipinski definition) is 6. The third kappa shape index (κ3) is 2.61. The van der Waals surface area contributed by atoms with Gasteiger partial charge in [-0.15, -0.1) is 0 Å². The number of aryl methyl sites for hydroxylation is 1. The average molecular weight is 371 g/mol. The molecule has 20 heavy (non-hydrogen) atoms. The zero-order chi connectivity index (χ0) is 14.1. The van der Waals surface area contributed by atoms with Gasteiger partial charge in [-0.1, -0.05) is 18.5 Å². The first-order chi connectivity index (χ1) is 9.67. The first-order valence-electron chi connectivity index (χ1n) is 5.88. The van der Waals surface area contributed by atoms with Gasteiger partial charge in [0.25, 0.3) is 0 Å². The highest BCUT2D eigenvalue weighted by Crippen LogP contribution is 2.32. The van der Waals surface area contributed by atoms with Crippen LogP contribution in [-0.4, -0.2) is 18.7 Å². The summed E-state index contributed by atoms with van der Waals surface area (Å²) >= 11 is 10.8. The van der Waals surface area contributed by atoms with E-state index in [0.717, 1.165) is 39.6 Å². The minimum atomic E-state index is 0.581. The van der Waals surface area contributed by atoms with E-state index >= 15 is 0 Å². The van der Waals surface area contributed by atoms with Crippen molar-refractivity contribution in [2.45, 2.75) is 13.3 Å². The largest absolute Gasteiger partial charge is 0.337 e. The van der Waals surface area contributed by atoms with Gasteiger partial charge in [0.15, 0.2) is 0 Å². The zero-order valence-corrected chi connectivity index (χ0v) is 13.6. The number of nitrogens with zero attached hydrogens (tertiary/aromatic N) is 4. The molecule has 2 aromatic heterocycles. The molecular formula is C12H9BrClN5S. The van der Waals surface area contributed by atoms with E-state index < -0.39 is 0 Å². The summed E-state index contributed by atoms with van der Waals surface area (Å²) in [5, 5.41) is 3.79. The standard InChI is InChI=1S/C12H9BrClN5S/c1-2-9-15-8(13)5-10(16-9)17-11-6(14)3-4-7-12(11)19-20-18-7/h3-5H,2H2,1H3,(H,15,16,17). The minimum Gasteiger partial charge on any atom is -0.337 e. The van der Waals surface area contributed by atoms with E-state index in [4.69, 9.17) is 11.6 Å². The number of aromatic nitrogens is 4. The molecule has 0 saturated carbocycles. The summed E-state index contributed by atoms with van der Waals surface area (Å²) in [5.41, 5.74) is 2.27. The smallest absolute Gasteiger partial charge is 0.135 e. The molecule has 0 atom stereocenters. The molecule has 0 radical (unpaired) electrons. The van der Waals surface area contributed by atoms with E-state index in [1.165, 1.54) is 0 Å². The van der Waals surface area contributed by atoms with Gasteiger partial charge >= 0.3 is 0 Å². The summed E-state index contributed by atoms with van der Waals surface area (Å²) in [6, 6.07) is 5.44. The van der Waals surface area contributed by atoms with E-state index in [9.17, 15) is 0 Å². The summed E-state index contributed by atoms with van der Waals surface area (Å²) in [7, 11) is 0. The zero-order valence-electron chi connectivity index (χ0n) is 10.4. The number of hydrogen-bond donors (Lipinski definition) is 1. The Kier molecular flexibility index (Phi) is 3.82. The van der Waals surface area contributed by atoms with Gasteiger partial charge in [-0.2, -0.15) is 8.75 Å². The molecular weight excluding hydrogens is 362 g/mol. The van der Waals surface area contributed by atoms with Gasteiger partial charge in [-0.3, -0.25) is 0 Å². The van der Waals surface area contributed by atoms with E-state index in [2.05, 4.69) is 40.0 Å². The van der Waals surface area contributed by atoms with E-state index in [-0.39, 0.29) is 0 Å². The second kappa shape index (κ2) is 5.59. The lowest BCUT2D eigenvalue weighted by molar-refractivity contribution is 0.931. The Hall–Kier alpha value is -1.31. The van der Waals surface area contributed by atoms with Crippen LogP contribution in [0.1, 0.15) is 12.7 Å². The number of rotatable bonds is 3. The molecule has 1 aromatic carbocycles. The monoisotopic (exact) mass is 369 g/mol. The molecule has 0 fully saturated rings. The maximum Gasteiger partial charge on any atom is 0.135 e. The molecule has 0 saturated heterocycles. The predicted molar refractivity (Wildman–Crippen MR) is 84.8 cm³/mol.